The lowest BCUT2D eigenvalue weighted by Crippen LogP contribution is -2.21. The average Bonchev–Trinajstić information content (AvgIpc) is 2.08. The van der Waals surface area contributed by atoms with Gasteiger partial charge >= 0.3 is 5.56 Å². The lowest BCUT2D eigenvalue weighted by atomic mass is 10.2. The van der Waals surface area contributed by atoms with Crippen molar-refractivity contribution in [2.24, 2.45) is 0 Å². The summed E-state index contributed by atoms with van der Waals surface area (Å²) in [5, 5.41) is 9.39. The molecule has 0 aromatic carbocycles. The van der Waals surface area contributed by atoms with Gasteiger partial charge in [0.1, 0.15) is 5.02 Å². The Morgan fingerprint density at radius 2 is 1.75 bits per heavy atom. The van der Waals surface area contributed by atoms with Gasteiger partial charge in [-0.1, -0.05) is 23.2 Å². The van der Waals surface area contributed by atoms with Gasteiger partial charge in [0.25, 0.3) is 0 Å². The fourth-order valence-electron chi connectivity index (χ4n) is 0.866. The number of hydrogen-bond donors (Lipinski definition) is 1. The number of halogens is 2. The summed E-state index contributed by atoms with van der Waals surface area (Å²) in [6, 6.07) is 0. The molecule has 0 unspecified atom stereocenters. The van der Waals surface area contributed by atoms with Crippen molar-refractivity contribution in [3.63, 3.8) is 0 Å². The van der Waals surface area contributed by atoms with E-state index in [9.17, 15) is 4.79 Å². The lowest BCUT2D eigenvalue weighted by Gasteiger charge is -2.07. The minimum Gasteiger partial charge on any atom is -0.425 e. The predicted molar refractivity (Wildman–Crippen MR) is 47.4 cm³/mol. The number of hydrogen-bond acceptors (Lipinski definition) is 2. The Morgan fingerprint density at radius 1 is 1.25 bits per heavy atom. The van der Waals surface area contributed by atoms with Crippen LogP contribution in [0.25, 0.3) is 0 Å². The summed E-state index contributed by atoms with van der Waals surface area (Å²) in [6.45, 7) is 3.16. The third-order valence-corrected chi connectivity index (χ3v) is 2.68. The molecule has 0 amide bonds. The highest BCUT2D eigenvalue weighted by Gasteiger charge is 2.12. The van der Waals surface area contributed by atoms with E-state index >= 15 is 0 Å². The van der Waals surface area contributed by atoms with Gasteiger partial charge in [0.15, 0.2) is 0 Å². The molecular weight excluding hydrogens is 201 g/mol. The molecule has 1 aromatic rings. The van der Waals surface area contributed by atoms with Gasteiger partial charge in [-0.15, -0.1) is 4.73 Å². The highest BCUT2D eigenvalue weighted by Crippen LogP contribution is 2.22. The molecule has 1 rings (SSSR count). The molecule has 3 nitrogen and oxygen atoms in total. The molecule has 66 valence electrons. The predicted octanol–water partition coefficient (Wildman–Crippen LogP) is 2.01. The molecule has 0 spiro atoms. The monoisotopic (exact) mass is 207 g/mol. The molecule has 1 N–H and O–H groups in total. The first-order chi connectivity index (χ1) is 5.46. The number of rotatable bonds is 0. The molecule has 0 atom stereocenters. The van der Waals surface area contributed by atoms with Crippen LogP contribution in [0.1, 0.15) is 11.3 Å². The van der Waals surface area contributed by atoms with Crippen LogP contribution in [0.3, 0.4) is 0 Å². The molecule has 0 bridgehead atoms. The molecule has 12 heavy (non-hydrogen) atoms. The van der Waals surface area contributed by atoms with Crippen LogP contribution < -0.4 is 5.56 Å². The zero-order valence-corrected chi connectivity index (χ0v) is 8.07. The zero-order valence-electron chi connectivity index (χ0n) is 6.56. The normalized spacial score (nSPS) is 10.3. The molecule has 0 fully saturated rings. The molecule has 0 saturated heterocycles. The summed E-state index contributed by atoms with van der Waals surface area (Å²) in [5.41, 5.74) is 0.144. The van der Waals surface area contributed by atoms with E-state index in [1.54, 1.807) is 6.92 Å². The summed E-state index contributed by atoms with van der Waals surface area (Å²) < 4.78 is 0.442. The van der Waals surface area contributed by atoms with Gasteiger partial charge in [0.2, 0.25) is 0 Å². The summed E-state index contributed by atoms with van der Waals surface area (Å²) in [5.74, 6) is 0. The van der Waals surface area contributed by atoms with Crippen LogP contribution in [-0.4, -0.2) is 9.94 Å². The van der Waals surface area contributed by atoms with Crippen molar-refractivity contribution in [2.75, 3.05) is 0 Å². The number of pyridine rings is 1. The molecule has 0 aliphatic carbocycles. The molecule has 0 aliphatic heterocycles. The van der Waals surface area contributed by atoms with Gasteiger partial charge < -0.3 is 5.21 Å². The topological polar surface area (TPSA) is 42.2 Å². The van der Waals surface area contributed by atoms with Crippen molar-refractivity contribution in [3.8, 4) is 0 Å². The fraction of sp³-hybridized carbons (Fsp3) is 0.286. The van der Waals surface area contributed by atoms with Crippen molar-refractivity contribution in [2.45, 2.75) is 13.8 Å². The van der Waals surface area contributed by atoms with E-state index in [-0.39, 0.29) is 5.02 Å². The molecule has 0 radical (unpaired) electrons. The maximum absolute atomic E-state index is 11.1. The molecule has 0 saturated carbocycles. The van der Waals surface area contributed by atoms with Crippen LogP contribution >= 0.6 is 23.2 Å². The van der Waals surface area contributed by atoms with Gasteiger partial charge in [-0.3, -0.25) is 4.79 Å². The Morgan fingerprint density at radius 3 is 2.25 bits per heavy atom. The molecule has 0 aliphatic rings. The summed E-state index contributed by atoms with van der Waals surface area (Å²) in [4.78, 5) is 11.1. The SMILES string of the molecule is Cc1c(Cl)c(C)n(O)c(=O)c1Cl. The van der Waals surface area contributed by atoms with Crippen LogP contribution in [0.4, 0.5) is 0 Å². The third-order valence-electron chi connectivity index (χ3n) is 1.67. The Balaban J connectivity index is 3.73. The average molecular weight is 208 g/mol. The number of nitrogens with zero attached hydrogens (tertiary/aromatic N) is 1. The van der Waals surface area contributed by atoms with E-state index in [4.69, 9.17) is 28.4 Å². The van der Waals surface area contributed by atoms with E-state index in [1.807, 2.05) is 0 Å². The molecular formula is C7H7Cl2NO2. The van der Waals surface area contributed by atoms with Crippen molar-refractivity contribution in [1.82, 2.24) is 4.73 Å². The van der Waals surface area contributed by atoms with Crippen molar-refractivity contribution in [1.29, 1.82) is 0 Å². The van der Waals surface area contributed by atoms with Crippen LogP contribution in [0.5, 0.6) is 0 Å². The highest BCUT2D eigenvalue weighted by molar-refractivity contribution is 6.36. The van der Waals surface area contributed by atoms with E-state index in [2.05, 4.69) is 0 Å². The van der Waals surface area contributed by atoms with Crippen LogP contribution in [0.2, 0.25) is 10.0 Å². The van der Waals surface area contributed by atoms with Crippen LogP contribution in [-0.2, 0) is 0 Å². The summed E-state index contributed by atoms with van der Waals surface area (Å²) in [6.07, 6.45) is 0. The maximum Gasteiger partial charge on any atom is 0.302 e. The summed E-state index contributed by atoms with van der Waals surface area (Å²) >= 11 is 11.3. The standard InChI is InChI=1S/C7H7Cl2NO2/c1-3-5(8)4(2)10(12)7(11)6(3)9/h12H,1-2H3. The summed E-state index contributed by atoms with van der Waals surface area (Å²) in [7, 11) is 0. The second kappa shape index (κ2) is 2.99. The molecule has 1 heterocycles. The molecule has 1 aromatic heterocycles. The second-order valence-corrected chi connectivity index (χ2v) is 3.21. The van der Waals surface area contributed by atoms with Crippen LogP contribution in [0, 0.1) is 13.8 Å². The zero-order chi connectivity index (χ0) is 9.46. The first-order valence-electron chi connectivity index (χ1n) is 3.23. The largest absolute Gasteiger partial charge is 0.425 e. The first-order valence-corrected chi connectivity index (χ1v) is 3.99. The minimum absolute atomic E-state index is 0.0481. The molecule has 5 heteroatoms. The fourth-order valence-corrected chi connectivity index (χ4v) is 1.26. The van der Waals surface area contributed by atoms with Gasteiger partial charge in [-0.2, -0.15) is 0 Å². The quantitative estimate of drug-likeness (QED) is 0.662. The third kappa shape index (κ3) is 1.19. The van der Waals surface area contributed by atoms with Crippen LogP contribution in [0.15, 0.2) is 4.79 Å². The van der Waals surface area contributed by atoms with E-state index in [1.165, 1.54) is 6.92 Å². The second-order valence-electron chi connectivity index (χ2n) is 2.46. The first kappa shape index (κ1) is 9.42. The number of aromatic nitrogens is 1. The van der Waals surface area contributed by atoms with E-state index < -0.39 is 5.56 Å². The van der Waals surface area contributed by atoms with E-state index in [0.717, 1.165) is 0 Å². The highest BCUT2D eigenvalue weighted by atomic mass is 35.5. The van der Waals surface area contributed by atoms with Gasteiger partial charge in [0.05, 0.1) is 10.7 Å². The Bertz CT molecular complexity index is 352. The minimum atomic E-state index is -0.643. The van der Waals surface area contributed by atoms with Gasteiger partial charge in [0, 0.05) is 0 Å². The van der Waals surface area contributed by atoms with Crippen molar-refractivity contribution < 1.29 is 5.21 Å². The van der Waals surface area contributed by atoms with Crippen molar-refractivity contribution in [3.05, 3.63) is 31.7 Å². The van der Waals surface area contributed by atoms with E-state index in [0.29, 0.717) is 21.0 Å². The van der Waals surface area contributed by atoms with Crippen molar-refractivity contribution >= 4 is 23.2 Å². The van der Waals surface area contributed by atoms with Gasteiger partial charge in [-0.25, -0.2) is 0 Å². The Hall–Kier alpha value is -0.670. The van der Waals surface area contributed by atoms with Gasteiger partial charge in [-0.05, 0) is 19.4 Å². The Kier molecular flexibility index (Phi) is 2.35. The maximum atomic E-state index is 11.1. The smallest absolute Gasteiger partial charge is 0.302 e. The Labute approximate surface area is 79.1 Å². The lowest BCUT2D eigenvalue weighted by molar-refractivity contribution is 0.168.